The van der Waals surface area contributed by atoms with Gasteiger partial charge in [0.1, 0.15) is 18.1 Å². The third-order valence-electron chi connectivity index (χ3n) is 2.96. The Balaban J connectivity index is 1.85. The second kappa shape index (κ2) is 6.69. The molecule has 6 nitrogen and oxygen atoms in total. The van der Waals surface area contributed by atoms with E-state index in [1.165, 1.54) is 22.6 Å². The Hall–Kier alpha value is -2.63. The summed E-state index contributed by atoms with van der Waals surface area (Å²) in [5, 5.41) is 5.94. The molecule has 0 aliphatic heterocycles. The molecule has 1 aromatic heterocycles. The Labute approximate surface area is 122 Å². The number of amides is 1. The van der Waals surface area contributed by atoms with Crippen molar-refractivity contribution >= 4 is 5.91 Å². The minimum Gasteiger partial charge on any atom is -0.492 e. The van der Waals surface area contributed by atoms with Crippen molar-refractivity contribution in [2.24, 2.45) is 0 Å². The van der Waals surface area contributed by atoms with Gasteiger partial charge >= 0.3 is 0 Å². The molecule has 110 valence electrons. The van der Waals surface area contributed by atoms with Crippen molar-refractivity contribution in [1.29, 1.82) is 0 Å². The minimum absolute atomic E-state index is 0.201. The van der Waals surface area contributed by atoms with Gasteiger partial charge in [0.15, 0.2) is 0 Å². The zero-order chi connectivity index (χ0) is 15.2. The molecule has 1 amide bonds. The van der Waals surface area contributed by atoms with Gasteiger partial charge in [-0.15, -0.1) is 0 Å². The molecule has 2 aromatic rings. The standard InChI is InChI=1S/C15H17N3O3/c1-11-3-5-12(6-4-11)21-10-9-18(2)15(20)13-7-8-14(19)17-16-13/h3-8H,9-10H2,1-2H3,(H,17,19). The summed E-state index contributed by atoms with van der Waals surface area (Å²) in [7, 11) is 1.66. The van der Waals surface area contributed by atoms with Crippen molar-refractivity contribution in [3.63, 3.8) is 0 Å². The van der Waals surface area contributed by atoms with Crippen molar-refractivity contribution in [3.05, 3.63) is 58.0 Å². The Bertz CT molecular complexity index is 644. The molecule has 21 heavy (non-hydrogen) atoms. The average molecular weight is 287 g/mol. The van der Waals surface area contributed by atoms with Gasteiger partial charge in [-0.1, -0.05) is 17.7 Å². The molecule has 0 fully saturated rings. The maximum atomic E-state index is 12.0. The number of aromatic nitrogens is 2. The molecule has 0 atom stereocenters. The number of likely N-dealkylation sites (N-methyl/N-ethyl adjacent to an activating group) is 1. The number of carbonyl (C=O) groups is 1. The van der Waals surface area contributed by atoms with Gasteiger partial charge in [-0.25, -0.2) is 5.10 Å². The summed E-state index contributed by atoms with van der Waals surface area (Å²) in [5.74, 6) is 0.502. The van der Waals surface area contributed by atoms with Gasteiger partial charge in [0.25, 0.3) is 11.5 Å². The Morgan fingerprint density at radius 3 is 2.57 bits per heavy atom. The fourth-order valence-corrected chi connectivity index (χ4v) is 1.70. The zero-order valence-corrected chi connectivity index (χ0v) is 12.0. The van der Waals surface area contributed by atoms with Crippen LogP contribution in [0.3, 0.4) is 0 Å². The number of hydrogen-bond donors (Lipinski definition) is 1. The van der Waals surface area contributed by atoms with Gasteiger partial charge < -0.3 is 9.64 Å². The number of nitrogens with one attached hydrogen (secondary N) is 1. The molecule has 0 aliphatic carbocycles. The predicted octanol–water partition coefficient (Wildman–Crippen LogP) is 1.23. The van der Waals surface area contributed by atoms with E-state index in [0.717, 1.165) is 5.75 Å². The van der Waals surface area contributed by atoms with Gasteiger partial charge in [0, 0.05) is 13.1 Å². The van der Waals surface area contributed by atoms with Crippen LogP contribution in [0.15, 0.2) is 41.2 Å². The predicted molar refractivity (Wildman–Crippen MR) is 78.5 cm³/mol. The first-order valence-corrected chi connectivity index (χ1v) is 6.57. The summed E-state index contributed by atoms with van der Waals surface area (Å²) >= 11 is 0. The maximum Gasteiger partial charge on any atom is 0.274 e. The molecule has 2 rings (SSSR count). The number of H-pyrrole nitrogens is 1. The molecule has 1 heterocycles. The number of ether oxygens (including phenoxy) is 1. The van der Waals surface area contributed by atoms with Gasteiger partial charge in [-0.3, -0.25) is 9.59 Å². The molecule has 0 saturated heterocycles. The first-order chi connectivity index (χ1) is 10.1. The molecule has 6 heteroatoms. The third kappa shape index (κ3) is 4.17. The Morgan fingerprint density at radius 2 is 1.95 bits per heavy atom. The number of aryl methyl sites for hydroxylation is 1. The van der Waals surface area contributed by atoms with Crippen LogP contribution in [0, 0.1) is 6.92 Å². The third-order valence-corrected chi connectivity index (χ3v) is 2.96. The van der Waals surface area contributed by atoms with Crippen molar-refractivity contribution < 1.29 is 9.53 Å². The van der Waals surface area contributed by atoms with E-state index in [1.807, 2.05) is 31.2 Å². The summed E-state index contributed by atoms with van der Waals surface area (Å²) < 4.78 is 5.56. The van der Waals surface area contributed by atoms with Crippen molar-refractivity contribution in [2.45, 2.75) is 6.92 Å². The van der Waals surface area contributed by atoms with E-state index >= 15 is 0 Å². The normalized spacial score (nSPS) is 10.2. The molecule has 0 spiro atoms. The first-order valence-electron chi connectivity index (χ1n) is 6.57. The second-order valence-electron chi connectivity index (χ2n) is 4.69. The number of benzene rings is 1. The van der Waals surface area contributed by atoms with Crippen LogP contribution < -0.4 is 10.3 Å². The lowest BCUT2D eigenvalue weighted by Gasteiger charge is -2.16. The smallest absolute Gasteiger partial charge is 0.274 e. The van der Waals surface area contributed by atoms with E-state index in [1.54, 1.807) is 7.05 Å². The number of rotatable bonds is 5. The van der Waals surface area contributed by atoms with Crippen molar-refractivity contribution in [2.75, 3.05) is 20.2 Å². The molecular weight excluding hydrogens is 270 g/mol. The first kappa shape index (κ1) is 14.8. The van der Waals surface area contributed by atoms with Gasteiger partial charge in [-0.05, 0) is 25.1 Å². The van der Waals surface area contributed by atoms with E-state index in [4.69, 9.17) is 4.74 Å². The Morgan fingerprint density at radius 1 is 1.24 bits per heavy atom. The summed E-state index contributed by atoms with van der Waals surface area (Å²) in [6, 6.07) is 10.4. The van der Waals surface area contributed by atoms with E-state index in [2.05, 4.69) is 10.2 Å². The summed E-state index contributed by atoms with van der Waals surface area (Å²) in [6.45, 7) is 2.82. The SMILES string of the molecule is Cc1ccc(OCCN(C)C(=O)c2ccc(=O)[nH]n2)cc1. The van der Waals surface area contributed by atoms with Crippen LogP contribution in [-0.4, -0.2) is 41.2 Å². The molecule has 0 bridgehead atoms. The number of nitrogens with zero attached hydrogens (tertiary/aromatic N) is 2. The highest BCUT2D eigenvalue weighted by molar-refractivity contribution is 5.91. The van der Waals surface area contributed by atoms with Crippen LogP contribution in [0.4, 0.5) is 0 Å². The molecule has 0 saturated carbocycles. The molecule has 0 aliphatic rings. The largest absolute Gasteiger partial charge is 0.492 e. The zero-order valence-electron chi connectivity index (χ0n) is 12.0. The fourth-order valence-electron chi connectivity index (χ4n) is 1.70. The highest BCUT2D eigenvalue weighted by Gasteiger charge is 2.13. The molecule has 0 radical (unpaired) electrons. The van der Waals surface area contributed by atoms with E-state index < -0.39 is 0 Å². The number of carbonyl (C=O) groups excluding carboxylic acids is 1. The maximum absolute atomic E-state index is 12.0. The molecule has 1 aromatic carbocycles. The van der Waals surface area contributed by atoms with E-state index in [0.29, 0.717) is 13.2 Å². The van der Waals surface area contributed by atoms with Gasteiger partial charge in [-0.2, -0.15) is 5.10 Å². The van der Waals surface area contributed by atoms with Crippen molar-refractivity contribution in [3.8, 4) is 5.75 Å². The number of aromatic amines is 1. The van der Waals surface area contributed by atoms with Crippen LogP contribution in [-0.2, 0) is 0 Å². The van der Waals surface area contributed by atoms with Gasteiger partial charge in [0.05, 0.1) is 6.54 Å². The van der Waals surface area contributed by atoms with Crippen molar-refractivity contribution in [1.82, 2.24) is 15.1 Å². The van der Waals surface area contributed by atoms with Crippen LogP contribution in [0.25, 0.3) is 0 Å². The van der Waals surface area contributed by atoms with Crippen LogP contribution >= 0.6 is 0 Å². The van der Waals surface area contributed by atoms with Crippen LogP contribution in [0.2, 0.25) is 0 Å². The highest BCUT2D eigenvalue weighted by Crippen LogP contribution is 2.11. The van der Waals surface area contributed by atoms with Crippen LogP contribution in [0.5, 0.6) is 5.75 Å². The summed E-state index contributed by atoms with van der Waals surface area (Å²) in [6.07, 6.45) is 0. The van der Waals surface area contributed by atoms with Crippen LogP contribution in [0.1, 0.15) is 16.1 Å². The highest BCUT2D eigenvalue weighted by atomic mass is 16.5. The fraction of sp³-hybridized carbons (Fsp3) is 0.267. The van der Waals surface area contributed by atoms with E-state index in [9.17, 15) is 9.59 Å². The lowest BCUT2D eigenvalue weighted by atomic mass is 10.2. The molecule has 0 unspecified atom stereocenters. The lowest BCUT2D eigenvalue weighted by Crippen LogP contribution is -2.32. The summed E-state index contributed by atoms with van der Waals surface area (Å²) in [5.41, 5.74) is 1.03. The van der Waals surface area contributed by atoms with Gasteiger partial charge in [0.2, 0.25) is 0 Å². The second-order valence-corrected chi connectivity index (χ2v) is 4.69. The quantitative estimate of drug-likeness (QED) is 0.897. The summed E-state index contributed by atoms with van der Waals surface area (Å²) in [4.78, 5) is 24.4. The lowest BCUT2D eigenvalue weighted by molar-refractivity contribution is 0.0766. The van der Waals surface area contributed by atoms with E-state index in [-0.39, 0.29) is 17.2 Å². The molecule has 1 N–H and O–H groups in total. The molecular formula is C15H17N3O3. The monoisotopic (exact) mass is 287 g/mol. The Kier molecular flexibility index (Phi) is 4.71. The average Bonchev–Trinajstić information content (AvgIpc) is 2.49. The minimum atomic E-state index is -0.336. The topological polar surface area (TPSA) is 75.3 Å². The number of hydrogen-bond acceptors (Lipinski definition) is 4.